The smallest absolute Gasteiger partial charge is 0.414 e. The summed E-state index contributed by atoms with van der Waals surface area (Å²) >= 11 is 6.96. The molecule has 0 spiro atoms. The first-order chi connectivity index (χ1) is 17.6. The number of methoxy groups -OCH3 is 1. The molecule has 2 heterocycles. The lowest BCUT2D eigenvalue weighted by molar-refractivity contribution is -0.146. The van der Waals surface area contributed by atoms with Gasteiger partial charge in [-0.1, -0.05) is 29.0 Å². The van der Waals surface area contributed by atoms with Gasteiger partial charge in [0.05, 0.1) is 11.4 Å². The Morgan fingerprint density at radius 2 is 1.86 bits per heavy atom. The third kappa shape index (κ3) is 8.73. The Bertz CT molecular complexity index is 1140. The van der Waals surface area contributed by atoms with Gasteiger partial charge in [0.2, 0.25) is 11.8 Å². The van der Waals surface area contributed by atoms with E-state index in [1.807, 2.05) is 18.2 Å². The monoisotopic (exact) mass is 550 g/mol. The van der Waals surface area contributed by atoms with Gasteiger partial charge in [-0.15, -0.1) is 0 Å². The summed E-state index contributed by atoms with van der Waals surface area (Å²) in [5, 5.41) is 5.66. The number of nitrogens with zero attached hydrogens (tertiary/aromatic N) is 2. The number of thiophene rings is 1. The standard InChI is InChI=1S/C25H31ClN4O6S/c1-29-12-10-16-4-5-18(14-17(16)11-13-29)27-24(33)19(6-8-21(31)30(2)15-22(32)35-3)28-25(34)36-23-9-7-20(26)37-23/h4-5,7,9,14,19H,6,8,10-13,15H2,1-3H3,(H,27,33)(H,28,34)/t19-/m1/s1. The molecule has 0 aliphatic carbocycles. The van der Waals surface area contributed by atoms with Crippen LogP contribution in [-0.4, -0.2) is 80.6 Å². The fourth-order valence-corrected chi connectivity index (χ4v) is 4.71. The van der Waals surface area contributed by atoms with Gasteiger partial charge >= 0.3 is 12.1 Å². The van der Waals surface area contributed by atoms with E-state index in [1.54, 1.807) is 12.1 Å². The maximum Gasteiger partial charge on any atom is 0.414 e. The fourth-order valence-electron chi connectivity index (χ4n) is 3.83. The van der Waals surface area contributed by atoms with Crippen molar-refractivity contribution in [2.24, 2.45) is 0 Å². The van der Waals surface area contributed by atoms with Crippen LogP contribution >= 0.6 is 22.9 Å². The van der Waals surface area contributed by atoms with Crippen LogP contribution < -0.4 is 15.4 Å². The van der Waals surface area contributed by atoms with E-state index in [1.165, 1.54) is 30.2 Å². The minimum Gasteiger partial charge on any atom is -0.468 e. The van der Waals surface area contributed by atoms with Crippen LogP contribution in [-0.2, 0) is 32.0 Å². The zero-order valence-electron chi connectivity index (χ0n) is 21.0. The van der Waals surface area contributed by atoms with Crippen molar-refractivity contribution in [3.63, 3.8) is 0 Å². The van der Waals surface area contributed by atoms with Crippen LogP contribution in [0.2, 0.25) is 4.34 Å². The second-order valence-electron chi connectivity index (χ2n) is 8.79. The number of ether oxygens (including phenoxy) is 2. The van der Waals surface area contributed by atoms with Crippen LogP contribution in [0, 0.1) is 0 Å². The van der Waals surface area contributed by atoms with E-state index in [9.17, 15) is 19.2 Å². The number of benzene rings is 1. The van der Waals surface area contributed by atoms with Crippen molar-refractivity contribution in [2.75, 3.05) is 46.2 Å². The first-order valence-corrected chi connectivity index (χ1v) is 13.0. The van der Waals surface area contributed by atoms with Gasteiger partial charge in [-0.3, -0.25) is 14.4 Å². The molecule has 0 fully saturated rings. The van der Waals surface area contributed by atoms with Gasteiger partial charge in [0.1, 0.15) is 12.6 Å². The lowest BCUT2D eigenvalue weighted by Gasteiger charge is -2.20. The van der Waals surface area contributed by atoms with Crippen LogP contribution in [0.5, 0.6) is 5.06 Å². The highest BCUT2D eigenvalue weighted by Gasteiger charge is 2.25. The lowest BCUT2D eigenvalue weighted by atomic mass is 10.0. The van der Waals surface area contributed by atoms with Crippen LogP contribution in [0.15, 0.2) is 30.3 Å². The van der Waals surface area contributed by atoms with E-state index >= 15 is 0 Å². The molecule has 1 aliphatic heterocycles. The number of anilines is 1. The molecule has 2 aromatic rings. The molecule has 3 amide bonds. The summed E-state index contributed by atoms with van der Waals surface area (Å²) in [5.74, 6) is -1.43. The van der Waals surface area contributed by atoms with E-state index in [2.05, 4.69) is 27.3 Å². The van der Waals surface area contributed by atoms with Gasteiger partial charge < -0.3 is 29.9 Å². The van der Waals surface area contributed by atoms with Crippen LogP contribution in [0.1, 0.15) is 24.0 Å². The van der Waals surface area contributed by atoms with Crippen molar-refractivity contribution in [1.82, 2.24) is 15.1 Å². The quantitative estimate of drug-likeness (QED) is 0.461. The zero-order chi connectivity index (χ0) is 26.9. The maximum absolute atomic E-state index is 13.2. The summed E-state index contributed by atoms with van der Waals surface area (Å²) in [6.07, 6.45) is 0.858. The Hall–Kier alpha value is -3.15. The van der Waals surface area contributed by atoms with Crippen molar-refractivity contribution < 1.29 is 28.7 Å². The Morgan fingerprint density at radius 3 is 2.54 bits per heavy atom. The number of likely N-dealkylation sites (N-methyl/N-ethyl adjacent to an activating group) is 2. The van der Waals surface area contributed by atoms with Crippen LogP contribution in [0.3, 0.4) is 0 Å². The molecule has 3 rings (SSSR count). The number of amides is 3. The second-order valence-corrected chi connectivity index (χ2v) is 10.5. The molecule has 0 saturated carbocycles. The largest absolute Gasteiger partial charge is 0.468 e. The van der Waals surface area contributed by atoms with Gasteiger partial charge in [0.15, 0.2) is 5.06 Å². The van der Waals surface area contributed by atoms with E-state index in [4.69, 9.17) is 16.3 Å². The predicted octanol–water partition coefficient (Wildman–Crippen LogP) is 2.94. The van der Waals surface area contributed by atoms with Gasteiger partial charge in [0, 0.05) is 32.2 Å². The van der Waals surface area contributed by atoms with E-state index in [0.717, 1.165) is 37.3 Å². The van der Waals surface area contributed by atoms with Crippen molar-refractivity contribution in [2.45, 2.75) is 31.7 Å². The zero-order valence-corrected chi connectivity index (χ0v) is 22.6. The third-order valence-corrected chi connectivity index (χ3v) is 7.13. The Balaban J connectivity index is 1.68. The molecule has 2 N–H and O–H groups in total. The summed E-state index contributed by atoms with van der Waals surface area (Å²) in [6, 6.07) is 7.85. The van der Waals surface area contributed by atoms with Crippen LogP contribution in [0.25, 0.3) is 0 Å². The number of fused-ring (bicyclic) bond motifs is 1. The highest BCUT2D eigenvalue weighted by molar-refractivity contribution is 7.17. The summed E-state index contributed by atoms with van der Waals surface area (Å²) in [5.41, 5.74) is 3.02. The Morgan fingerprint density at radius 1 is 1.14 bits per heavy atom. The highest BCUT2D eigenvalue weighted by Crippen LogP contribution is 2.28. The van der Waals surface area contributed by atoms with Crippen molar-refractivity contribution in [1.29, 1.82) is 0 Å². The SMILES string of the molecule is COC(=O)CN(C)C(=O)CC[C@@H](NC(=O)Oc1ccc(Cl)s1)C(=O)Nc1ccc2c(c1)CCN(C)CC2. The predicted molar refractivity (Wildman–Crippen MR) is 141 cm³/mol. The average molecular weight is 551 g/mol. The highest BCUT2D eigenvalue weighted by atomic mass is 35.5. The van der Waals surface area contributed by atoms with Crippen molar-refractivity contribution in [3.8, 4) is 5.06 Å². The molecule has 37 heavy (non-hydrogen) atoms. The number of esters is 1. The number of rotatable bonds is 9. The summed E-state index contributed by atoms with van der Waals surface area (Å²) in [6.45, 7) is 1.68. The van der Waals surface area contributed by atoms with Gasteiger partial charge in [-0.2, -0.15) is 0 Å². The topological polar surface area (TPSA) is 117 Å². The molecule has 0 saturated heterocycles. The summed E-state index contributed by atoms with van der Waals surface area (Å²) in [4.78, 5) is 53.1. The molecule has 10 nitrogen and oxygen atoms in total. The number of carbonyl (C=O) groups is 4. The molecule has 0 unspecified atom stereocenters. The van der Waals surface area contributed by atoms with Crippen LogP contribution in [0.4, 0.5) is 10.5 Å². The first-order valence-electron chi connectivity index (χ1n) is 11.8. The first kappa shape index (κ1) is 28.4. The molecular formula is C25H31ClN4O6S. The molecule has 1 aromatic carbocycles. The number of halogens is 1. The van der Waals surface area contributed by atoms with Gasteiger partial charge in [0.25, 0.3) is 0 Å². The lowest BCUT2D eigenvalue weighted by Crippen LogP contribution is -2.45. The molecule has 12 heteroatoms. The molecule has 200 valence electrons. The molecular weight excluding hydrogens is 520 g/mol. The second kappa shape index (κ2) is 13.4. The molecule has 0 radical (unpaired) electrons. The minimum absolute atomic E-state index is 0.00773. The summed E-state index contributed by atoms with van der Waals surface area (Å²) in [7, 11) is 4.78. The minimum atomic E-state index is -1.07. The van der Waals surface area contributed by atoms with Crippen molar-refractivity contribution >= 4 is 52.5 Å². The Labute approximate surface area is 224 Å². The van der Waals surface area contributed by atoms with Gasteiger partial charge in [-0.25, -0.2) is 4.79 Å². The molecule has 1 atom stereocenters. The van der Waals surface area contributed by atoms with Gasteiger partial charge in [-0.05, 0) is 61.7 Å². The maximum atomic E-state index is 13.2. The van der Waals surface area contributed by atoms with E-state index < -0.39 is 24.0 Å². The number of nitrogens with one attached hydrogen (secondary N) is 2. The fraction of sp³-hybridized carbons (Fsp3) is 0.440. The number of hydrogen-bond acceptors (Lipinski definition) is 8. The van der Waals surface area contributed by atoms with Crippen molar-refractivity contribution in [3.05, 3.63) is 45.8 Å². The average Bonchev–Trinajstić information content (AvgIpc) is 3.18. The summed E-state index contributed by atoms with van der Waals surface area (Å²) < 4.78 is 10.3. The Kier molecular flexibility index (Phi) is 10.3. The van der Waals surface area contributed by atoms with E-state index in [0.29, 0.717) is 10.0 Å². The number of hydrogen-bond donors (Lipinski definition) is 2. The molecule has 1 aromatic heterocycles. The number of carbonyl (C=O) groups excluding carboxylic acids is 4. The molecule has 0 bridgehead atoms. The molecule has 1 aliphatic rings. The third-order valence-electron chi connectivity index (χ3n) is 6.02. The normalized spacial score (nSPS) is 14.1. The van der Waals surface area contributed by atoms with E-state index in [-0.39, 0.29) is 30.4 Å².